The molecule has 0 N–H and O–H groups in total. The first-order valence-corrected chi connectivity index (χ1v) is 7.49. The minimum Gasteiger partial charge on any atom is -0.299 e. The molecule has 2 aromatic rings. The Balaban J connectivity index is 1.76. The van der Waals surface area contributed by atoms with E-state index in [2.05, 4.69) is 41.7 Å². The lowest BCUT2D eigenvalue weighted by molar-refractivity contribution is 0.246. The predicted molar refractivity (Wildman–Crippen MR) is 85.4 cm³/mol. The van der Waals surface area contributed by atoms with Gasteiger partial charge in [-0.25, -0.2) is 0 Å². The van der Waals surface area contributed by atoms with Gasteiger partial charge in [0.25, 0.3) is 0 Å². The molecule has 0 aliphatic carbocycles. The molecule has 1 saturated heterocycles. The van der Waals surface area contributed by atoms with Gasteiger partial charge in [-0.15, -0.1) is 0 Å². The van der Waals surface area contributed by atoms with Crippen LogP contribution in [0.15, 0.2) is 48.5 Å². The maximum absolute atomic E-state index is 9.19. The van der Waals surface area contributed by atoms with E-state index in [1.54, 1.807) is 0 Å². The van der Waals surface area contributed by atoms with E-state index in [1.165, 1.54) is 31.5 Å². The number of hydrogen-bond donors (Lipinski definition) is 0. The molecule has 1 aliphatic heterocycles. The summed E-state index contributed by atoms with van der Waals surface area (Å²) < 4.78 is 0. The van der Waals surface area contributed by atoms with Crippen molar-refractivity contribution in [3.05, 3.63) is 66.1 Å². The minimum atomic E-state index is 0.733. The lowest BCUT2D eigenvalue weighted by Crippen LogP contribution is -2.29. The van der Waals surface area contributed by atoms with E-state index in [-0.39, 0.29) is 0 Å². The van der Waals surface area contributed by atoms with Crippen LogP contribution in [-0.4, -0.2) is 18.0 Å². The van der Waals surface area contributed by atoms with Gasteiger partial charge in [-0.1, -0.05) is 42.5 Å². The van der Waals surface area contributed by atoms with Crippen LogP contribution >= 0.6 is 0 Å². The van der Waals surface area contributed by atoms with Gasteiger partial charge in [-0.2, -0.15) is 5.26 Å². The molecule has 0 unspecified atom stereocenters. The molecular formula is C19H19N2. The van der Waals surface area contributed by atoms with Crippen LogP contribution in [-0.2, 0) is 6.54 Å². The number of rotatable bonds is 3. The van der Waals surface area contributed by atoms with Gasteiger partial charge in [-0.3, -0.25) is 4.90 Å². The summed E-state index contributed by atoms with van der Waals surface area (Å²) >= 11 is 0. The summed E-state index contributed by atoms with van der Waals surface area (Å²) in [7, 11) is 0. The molecule has 0 saturated carbocycles. The Kier molecular flexibility index (Phi) is 4.33. The van der Waals surface area contributed by atoms with Gasteiger partial charge in [0.15, 0.2) is 0 Å². The van der Waals surface area contributed by atoms with Crippen LogP contribution in [0.25, 0.3) is 11.1 Å². The molecule has 21 heavy (non-hydrogen) atoms. The Morgan fingerprint density at radius 3 is 2.38 bits per heavy atom. The fourth-order valence-electron chi connectivity index (χ4n) is 2.84. The molecule has 1 heterocycles. The Morgan fingerprint density at radius 1 is 0.952 bits per heavy atom. The van der Waals surface area contributed by atoms with Crippen molar-refractivity contribution in [3.63, 3.8) is 0 Å². The van der Waals surface area contributed by atoms with E-state index in [9.17, 15) is 5.26 Å². The third-order valence-electron chi connectivity index (χ3n) is 4.02. The molecule has 0 atom stereocenters. The minimum absolute atomic E-state index is 0.733. The van der Waals surface area contributed by atoms with Crippen molar-refractivity contribution >= 4 is 0 Å². The van der Waals surface area contributed by atoms with Crippen LogP contribution in [0.2, 0.25) is 0 Å². The number of likely N-dealkylation sites (tertiary alicyclic amines) is 1. The maximum Gasteiger partial charge on any atom is 0.0998 e. The van der Waals surface area contributed by atoms with Gasteiger partial charge in [-0.05, 0) is 55.1 Å². The zero-order valence-electron chi connectivity index (χ0n) is 12.1. The number of nitriles is 1. The first-order chi connectivity index (χ1) is 10.4. The zero-order valence-corrected chi connectivity index (χ0v) is 12.1. The summed E-state index contributed by atoms with van der Waals surface area (Å²) in [4.78, 5) is 2.50. The predicted octanol–water partition coefficient (Wildman–Crippen LogP) is 4.03. The fourth-order valence-corrected chi connectivity index (χ4v) is 2.84. The molecule has 105 valence electrons. The third kappa shape index (κ3) is 3.32. The topological polar surface area (TPSA) is 27.0 Å². The van der Waals surface area contributed by atoms with Gasteiger partial charge in [0.2, 0.25) is 0 Å². The molecule has 1 fully saturated rings. The van der Waals surface area contributed by atoms with Crippen LogP contribution in [0.4, 0.5) is 0 Å². The molecule has 0 aromatic heterocycles. The Morgan fingerprint density at radius 2 is 1.67 bits per heavy atom. The molecule has 2 heteroatoms. The molecule has 1 aliphatic rings. The third-order valence-corrected chi connectivity index (χ3v) is 4.02. The normalized spacial score (nSPS) is 15.6. The second kappa shape index (κ2) is 6.56. The Hall–Kier alpha value is -2.11. The smallest absolute Gasteiger partial charge is 0.0998 e. The molecule has 3 rings (SSSR count). The molecule has 1 radical (unpaired) electrons. The molecule has 0 amide bonds. The summed E-state index contributed by atoms with van der Waals surface area (Å²) in [5, 5.41) is 9.19. The van der Waals surface area contributed by atoms with Gasteiger partial charge >= 0.3 is 0 Å². The van der Waals surface area contributed by atoms with Crippen molar-refractivity contribution in [2.24, 2.45) is 0 Å². The lowest BCUT2D eigenvalue weighted by atomic mass is 9.99. The number of nitrogens with zero attached hydrogens (tertiary/aromatic N) is 2. The average Bonchev–Trinajstić information content (AvgIpc) is 2.56. The highest BCUT2D eigenvalue weighted by atomic mass is 15.1. The van der Waals surface area contributed by atoms with Crippen LogP contribution < -0.4 is 0 Å². The van der Waals surface area contributed by atoms with E-state index < -0.39 is 0 Å². The van der Waals surface area contributed by atoms with Crippen molar-refractivity contribution < 1.29 is 0 Å². The standard InChI is InChI=1S/C19H19N2/c20-14-18-6-2-3-7-19(18)17-10-8-16(9-11-17)15-21-12-4-1-5-13-21/h1-3,6-11H,4-5,12-13,15H2. The van der Waals surface area contributed by atoms with Gasteiger partial charge < -0.3 is 0 Å². The molecule has 2 aromatic carbocycles. The SMILES string of the molecule is N#Cc1ccccc1-c1ccc(CN2CC[CH]CC2)cc1. The highest BCUT2D eigenvalue weighted by Gasteiger charge is 2.10. The van der Waals surface area contributed by atoms with E-state index in [0.717, 1.165) is 23.2 Å². The molecule has 2 nitrogen and oxygen atoms in total. The van der Waals surface area contributed by atoms with Crippen LogP contribution in [0, 0.1) is 17.8 Å². The van der Waals surface area contributed by atoms with Gasteiger partial charge in [0, 0.05) is 6.54 Å². The van der Waals surface area contributed by atoms with Crippen molar-refractivity contribution in [2.75, 3.05) is 13.1 Å². The summed E-state index contributed by atoms with van der Waals surface area (Å²) in [5.41, 5.74) is 4.20. The average molecular weight is 275 g/mol. The second-order valence-corrected chi connectivity index (χ2v) is 5.50. The van der Waals surface area contributed by atoms with Crippen molar-refractivity contribution in [3.8, 4) is 17.2 Å². The largest absolute Gasteiger partial charge is 0.299 e. The monoisotopic (exact) mass is 275 g/mol. The number of benzene rings is 2. The first kappa shape index (κ1) is 13.9. The zero-order chi connectivity index (χ0) is 14.5. The van der Waals surface area contributed by atoms with E-state index in [1.807, 2.05) is 24.3 Å². The Bertz CT molecular complexity index is 631. The van der Waals surface area contributed by atoms with E-state index in [0.29, 0.717) is 0 Å². The maximum atomic E-state index is 9.19. The van der Waals surface area contributed by atoms with Crippen molar-refractivity contribution in [2.45, 2.75) is 19.4 Å². The Labute approximate surface area is 126 Å². The van der Waals surface area contributed by atoms with E-state index >= 15 is 0 Å². The van der Waals surface area contributed by atoms with E-state index in [4.69, 9.17) is 0 Å². The highest BCUT2D eigenvalue weighted by molar-refractivity contribution is 5.70. The molecule has 0 bridgehead atoms. The summed E-state index contributed by atoms with van der Waals surface area (Å²) in [6.07, 6.45) is 4.78. The second-order valence-electron chi connectivity index (χ2n) is 5.50. The number of piperidine rings is 1. The van der Waals surface area contributed by atoms with Gasteiger partial charge in [0.05, 0.1) is 11.6 Å². The van der Waals surface area contributed by atoms with Crippen LogP contribution in [0.3, 0.4) is 0 Å². The summed E-state index contributed by atoms with van der Waals surface area (Å²) in [6, 6.07) is 18.6. The van der Waals surface area contributed by atoms with Crippen LogP contribution in [0.1, 0.15) is 24.0 Å². The van der Waals surface area contributed by atoms with Crippen molar-refractivity contribution in [1.29, 1.82) is 5.26 Å². The quantitative estimate of drug-likeness (QED) is 0.845. The highest BCUT2D eigenvalue weighted by Crippen LogP contribution is 2.24. The first-order valence-electron chi connectivity index (χ1n) is 7.49. The summed E-state index contributed by atoms with van der Waals surface area (Å²) in [5.74, 6) is 0. The fraction of sp³-hybridized carbons (Fsp3) is 0.263. The van der Waals surface area contributed by atoms with Crippen molar-refractivity contribution in [1.82, 2.24) is 4.90 Å². The van der Waals surface area contributed by atoms with Gasteiger partial charge in [0.1, 0.15) is 0 Å². The molecule has 0 spiro atoms. The summed E-state index contributed by atoms with van der Waals surface area (Å²) in [6.45, 7) is 3.35. The number of hydrogen-bond acceptors (Lipinski definition) is 2. The lowest BCUT2D eigenvalue weighted by Gasteiger charge is -2.26. The molecular weight excluding hydrogens is 256 g/mol. The van der Waals surface area contributed by atoms with Crippen LogP contribution in [0.5, 0.6) is 0 Å².